The molecule has 2 amide bonds. The molecule has 13 heteroatoms. The monoisotopic (exact) mass is 587 g/mol. The van der Waals surface area contributed by atoms with E-state index in [1.807, 2.05) is 9.80 Å². The highest BCUT2D eigenvalue weighted by atomic mass is 35.5. The van der Waals surface area contributed by atoms with E-state index in [4.69, 9.17) is 17.3 Å². The molecule has 4 rings (SSSR count). The van der Waals surface area contributed by atoms with Crippen LogP contribution in [0.1, 0.15) is 35.2 Å². The normalized spacial score (nSPS) is 19.1. The quantitative estimate of drug-likeness (QED) is 0.440. The van der Waals surface area contributed by atoms with E-state index in [0.29, 0.717) is 68.5 Å². The lowest BCUT2D eigenvalue weighted by Gasteiger charge is -2.37. The van der Waals surface area contributed by atoms with Crippen molar-refractivity contribution < 1.29 is 31.5 Å². The Labute approximate surface area is 234 Å². The van der Waals surface area contributed by atoms with Crippen LogP contribution in [0.4, 0.5) is 33.3 Å². The van der Waals surface area contributed by atoms with Crippen molar-refractivity contribution in [1.82, 2.24) is 9.80 Å². The van der Waals surface area contributed by atoms with Gasteiger partial charge in [-0.05, 0) is 43.7 Å². The number of likely N-dealkylation sites (tertiary alicyclic amines) is 1. The maximum absolute atomic E-state index is 15.0. The summed E-state index contributed by atoms with van der Waals surface area (Å²) in [6, 6.07) is 7.26. The number of amides is 2. The molecule has 2 aromatic carbocycles. The van der Waals surface area contributed by atoms with Crippen molar-refractivity contribution in [2.45, 2.75) is 32.0 Å². The molecule has 218 valence electrons. The van der Waals surface area contributed by atoms with Crippen LogP contribution in [0.3, 0.4) is 0 Å². The predicted octanol–water partition coefficient (Wildman–Crippen LogP) is 4.64. The van der Waals surface area contributed by atoms with Gasteiger partial charge in [0.1, 0.15) is 0 Å². The molecule has 1 atom stereocenters. The van der Waals surface area contributed by atoms with Crippen LogP contribution in [0, 0.1) is 17.6 Å². The summed E-state index contributed by atoms with van der Waals surface area (Å²) < 4.78 is 67.8. The Morgan fingerprint density at radius 2 is 1.73 bits per heavy atom. The first-order valence-corrected chi connectivity index (χ1v) is 13.4. The van der Waals surface area contributed by atoms with E-state index in [1.54, 1.807) is 17.0 Å². The van der Waals surface area contributed by atoms with Gasteiger partial charge in [0, 0.05) is 56.4 Å². The number of nitrogens with one attached hydrogen (secondary N) is 1. The molecule has 2 aliphatic heterocycles. The van der Waals surface area contributed by atoms with Crippen molar-refractivity contribution in [1.29, 1.82) is 0 Å². The van der Waals surface area contributed by atoms with E-state index in [2.05, 4.69) is 5.32 Å². The molecule has 0 bridgehead atoms. The van der Waals surface area contributed by atoms with Crippen LogP contribution >= 0.6 is 11.6 Å². The van der Waals surface area contributed by atoms with Crippen LogP contribution in [0.15, 0.2) is 30.3 Å². The smallest absolute Gasteiger partial charge is 0.369 e. The molecule has 40 heavy (non-hydrogen) atoms. The van der Waals surface area contributed by atoms with Crippen molar-refractivity contribution in [3.05, 3.63) is 58.1 Å². The van der Waals surface area contributed by atoms with Crippen molar-refractivity contribution >= 4 is 34.8 Å². The van der Waals surface area contributed by atoms with E-state index in [1.165, 1.54) is 18.2 Å². The SMILES string of the molecule is NC(=O)C1CCCN(Cc2ccc(C(=O)Nc3ccc(Cl)cc3N3CCN(CCC(F)(F)F)CC3)c(F)c2F)C1. The topological polar surface area (TPSA) is 81.9 Å². The molecular weight excluding hydrogens is 557 g/mol. The van der Waals surface area contributed by atoms with Crippen LogP contribution in [0.5, 0.6) is 0 Å². The zero-order chi connectivity index (χ0) is 29.0. The second-order valence-corrected chi connectivity index (χ2v) is 10.6. The number of anilines is 2. The molecule has 2 saturated heterocycles. The average Bonchev–Trinajstić information content (AvgIpc) is 2.91. The Balaban J connectivity index is 1.43. The molecular formula is C27H31ClF5N5O2. The zero-order valence-electron chi connectivity index (χ0n) is 21.7. The minimum atomic E-state index is -4.23. The molecule has 2 heterocycles. The van der Waals surface area contributed by atoms with E-state index < -0.39 is 41.6 Å². The van der Waals surface area contributed by atoms with Gasteiger partial charge >= 0.3 is 6.18 Å². The number of carbonyl (C=O) groups is 2. The summed E-state index contributed by atoms with van der Waals surface area (Å²) in [5.41, 5.74) is 5.83. The summed E-state index contributed by atoms with van der Waals surface area (Å²) in [5.74, 6) is -4.05. The Morgan fingerprint density at radius 3 is 2.40 bits per heavy atom. The van der Waals surface area contributed by atoms with Gasteiger partial charge in [0.2, 0.25) is 5.91 Å². The highest BCUT2D eigenvalue weighted by Crippen LogP contribution is 2.32. The summed E-state index contributed by atoms with van der Waals surface area (Å²) in [7, 11) is 0. The zero-order valence-corrected chi connectivity index (χ0v) is 22.5. The number of nitrogens with zero attached hydrogens (tertiary/aromatic N) is 3. The summed E-state index contributed by atoms with van der Waals surface area (Å²) in [5, 5.41) is 3.00. The van der Waals surface area contributed by atoms with E-state index in [0.717, 1.165) is 0 Å². The molecule has 0 aromatic heterocycles. The maximum Gasteiger partial charge on any atom is 0.390 e. The van der Waals surface area contributed by atoms with Crippen molar-refractivity contribution in [2.24, 2.45) is 11.7 Å². The Morgan fingerprint density at radius 1 is 1.00 bits per heavy atom. The first kappa shape index (κ1) is 30.0. The minimum absolute atomic E-state index is 0.0646. The third kappa shape index (κ3) is 7.61. The summed E-state index contributed by atoms with van der Waals surface area (Å²) in [6.45, 7) is 2.50. The van der Waals surface area contributed by atoms with Crippen molar-refractivity contribution in [2.75, 3.05) is 56.0 Å². The van der Waals surface area contributed by atoms with Gasteiger partial charge in [0.05, 0.1) is 29.3 Å². The molecule has 0 radical (unpaired) electrons. The number of rotatable bonds is 8. The molecule has 0 spiro atoms. The van der Waals surface area contributed by atoms with Crippen LogP contribution in [0.2, 0.25) is 5.02 Å². The van der Waals surface area contributed by atoms with Gasteiger partial charge in [-0.25, -0.2) is 8.78 Å². The highest BCUT2D eigenvalue weighted by molar-refractivity contribution is 6.31. The van der Waals surface area contributed by atoms with Crippen LogP contribution in [0.25, 0.3) is 0 Å². The van der Waals surface area contributed by atoms with Gasteiger partial charge in [-0.2, -0.15) is 13.2 Å². The minimum Gasteiger partial charge on any atom is -0.369 e. The molecule has 7 nitrogen and oxygen atoms in total. The average molecular weight is 588 g/mol. The van der Waals surface area contributed by atoms with E-state index in [9.17, 15) is 27.2 Å². The summed E-state index contributed by atoms with van der Waals surface area (Å²) in [4.78, 5) is 30.0. The summed E-state index contributed by atoms with van der Waals surface area (Å²) in [6.07, 6.45) is -3.75. The standard InChI is InChI=1S/C27H31ClF5N5O2/c28-19-4-6-21(22(14-19)38-12-10-36(11-13-38)9-7-27(31,32)33)35-26(40)20-5-3-17(23(29)24(20)30)15-37-8-1-2-18(16-37)25(34)39/h3-6,14,18H,1-2,7-13,15-16H2,(H2,34,39)(H,35,40). The lowest BCUT2D eigenvalue weighted by atomic mass is 9.97. The molecule has 3 N–H and O–H groups in total. The van der Waals surface area contributed by atoms with Gasteiger partial charge in [-0.1, -0.05) is 17.7 Å². The Hall–Kier alpha value is -2.96. The fourth-order valence-electron chi connectivity index (χ4n) is 5.12. The third-order valence-electron chi connectivity index (χ3n) is 7.34. The molecule has 2 aliphatic rings. The largest absolute Gasteiger partial charge is 0.390 e. The number of piperazine rings is 1. The first-order valence-electron chi connectivity index (χ1n) is 13.0. The van der Waals surface area contributed by atoms with Crippen LogP contribution in [-0.4, -0.2) is 73.6 Å². The number of carbonyl (C=O) groups excluding carboxylic acids is 2. The van der Waals surface area contributed by atoms with Gasteiger partial charge < -0.3 is 16.0 Å². The van der Waals surface area contributed by atoms with Crippen LogP contribution in [-0.2, 0) is 11.3 Å². The molecule has 2 fully saturated rings. The summed E-state index contributed by atoms with van der Waals surface area (Å²) >= 11 is 6.17. The number of piperidine rings is 1. The van der Waals surface area contributed by atoms with E-state index >= 15 is 4.39 Å². The number of benzene rings is 2. The molecule has 0 aliphatic carbocycles. The van der Waals surface area contributed by atoms with Gasteiger partial charge in [-0.3, -0.25) is 19.4 Å². The lowest BCUT2D eigenvalue weighted by molar-refractivity contribution is -0.138. The van der Waals surface area contributed by atoms with E-state index in [-0.39, 0.29) is 24.6 Å². The number of halogens is 6. The maximum atomic E-state index is 15.0. The Kier molecular flexibility index (Phi) is 9.52. The number of hydrogen-bond donors (Lipinski definition) is 2. The number of hydrogen-bond acceptors (Lipinski definition) is 5. The number of nitrogens with two attached hydrogens (primary N) is 1. The number of primary amides is 1. The third-order valence-corrected chi connectivity index (χ3v) is 7.58. The Bertz CT molecular complexity index is 1240. The molecule has 1 unspecified atom stereocenters. The number of alkyl halides is 3. The van der Waals surface area contributed by atoms with Gasteiger partial charge in [-0.15, -0.1) is 0 Å². The molecule has 2 aromatic rings. The highest BCUT2D eigenvalue weighted by Gasteiger charge is 2.30. The fourth-order valence-corrected chi connectivity index (χ4v) is 5.28. The molecule has 0 saturated carbocycles. The predicted molar refractivity (Wildman–Crippen MR) is 142 cm³/mol. The van der Waals surface area contributed by atoms with Gasteiger partial charge in [0.25, 0.3) is 5.91 Å². The second kappa shape index (κ2) is 12.7. The second-order valence-electron chi connectivity index (χ2n) is 10.2. The first-order chi connectivity index (χ1) is 18.9. The lowest BCUT2D eigenvalue weighted by Crippen LogP contribution is -2.47. The van der Waals surface area contributed by atoms with Crippen molar-refractivity contribution in [3.63, 3.8) is 0 Å². The van der Waals surface area contributed by atoms with Crippen LogP contribution < -0.4 is 16.0 Å². The van der Waals surface area contributed by atoms with Gasteiger partial charge in [0.15, 0.2) is 11.6 Å². The fraction of sp³-hybridized carbons (Fsp3) is 0.481. The van der Waals surface area contributed by atoms with Crippen molar-refractivity contribution in [3.8, 4) is 0 Å².